The molecule has 0 amide bonds. The predicted molar refractivity (Wildman–Crippen MR) is 56.4 cm³/mol. The number of ether oxygens (including phenoxy) is 1. The first-order chi connectivity index (χ1) is 7.11. The molecule has 6 heteroatoms. The molecule has 0 aromatic carbocycles. The Labute approximate surface area is 87.3 Å². The molecule has 0 fully saturated rings. The van der Waals surface area contributed by atoms with Gasteiger partial charge in [0.25, 0.3) is 0 Å². The van der Waals surface area contributed by atoms with Crippen molar-refractivity contribution in [1.82, 2.24) is 19.6 Å². The first-order valence-corrected chi connectivity index (χ1v) is 4.49. The van der Waals surface area contributed by atoms with E-state index in [0.29, 0.717) is 11.7 Å². The van der Waals surface area contributed by atoms with Crippen molar-refractivity contribution in [1.29, 1.82) is 0 Å². The van der Waals surface area contributed by atoms with Crippen LogP contribution in [0.25, 0.3) is 11.4 Å². The van der Waals surface area contributed by atoms with E-state index in [1.165, 1.54) is 0 Å². The molecule has 2 rings (SSSR count). The maximum absolute atomic E-state index is 5.69. The molecule has 2 heterocycles. The Kier molecular flexibility index (Phi) is 2.11. The summed E-state index contributed by atoms with van der Waals surface area (Å²) in [4.78, 5) is 0. The van der Waals surface area contributed by atoms with Crippen molar-refractivity contribution in [3.05, 3.63) is 12.1 Å². The molecule has 0 aliphatic carbocycles. The second-order valence-corrected chi connectivity index (χ2v) is 3.27. The lowest BCUT2D eigenvalue weighted by molar-refractivity contribution is 0.373. The van der Waals surface area contributed by atoms with Gasteiger partial charge in [-0.05, 0) is 0 Å². The highest BCUT2D eigenvalue weighted by atomic mass is 16.5. The van der Waals surface area contributed by atoms with Crippen LogP contribution in [0.1, 0.15) is 0 Å². The number of hydrogen-bond donors (Lipinski definition) is 1. The normalized spacial score (nSPS) is 10.6. The van der Waals surface area contributed by atoms with Gasteiger partial charge in [0.15, 0.2) is 0 Å². The van der Waals surface area contributed by atoms with Crippen LogP contribution in [0.15, 0.2) is 12.1 Å². The van der Waals surface area contributed by atoms with Gasteiger partial charge in [0, 0.05) is 26.2 Å². The highest BCUT2D eigenvalue weighted by Crippen LogP contribution is 2.22. The van der Waals surface area contributed by atoms with Crippen LogP contribution in [0, 0.1) is 0 Å². The molecule has 0 aliphatic heterocycles. The fourth-order valence-electron chi connectivity index (χ4n) is 1.37. The van der Waals surface area contributed by atoms with E-state index in [0.717, 1.165) is 11.4 Å². The first kappa shape index (κ1) is 9.57. The number of hydrogen-bond acceptors (Lipinski definition) is 4. The summed E-state index contributed by atoms with van der Waals surface area (Å²) in [6.07, 6.45) is 0. The van der Waals surface area contributed by atoms with Crippen LogP contribution in [0.3, 0.4) is 0 Å². The zero-order valence-electron chi connectivity index (χ0n) is 8.93. The average molecular weight is 207 g/mol. The number of aromatic nitrogens is 4. The lowest BCUT2D eigenvalue weighted by Crippen LogP contribution is -1.96. The molecule has 0 aliphatic rings. The highest BCUT2D eigenvalue weighted by Gasteiger charge is 2.11. The largest absolute Gasteiger partial charge is 0.481 e. The molecule has 2 aromatic heterocycles. The van der Waals surface area contributed by atoms with E-state index < -0.39 is 0 Å². The fraction of sp³-hybridized carbons (Fsp3) is 0.333. The second-order valence-electron chi connectivity index (χ2n) is 3.27. The minimum atomic E-state index is 0.606. The number of aryl methyl sites for hydroxylation is 2. The van der Waals surface area contributed by atoms with Gasteiger partial charge in [0.2, 0.25) is 5.88 Å². The van der Waals surface area contributed by atoms with E-state index in [4.69, 9.17) is 10.5 Å². The molecule has 80 valence electrons. The summed E-state index contributed by atoms with van der Waals surface area (Å²) >= 11 is 0. The molecule has 0 bridgehead atoms. The number of rotatable bonds is 2. The van der Waals surface area contributed by atoms with Crippen molar-refractivity contribution < 1.29 is 4.74 Å². The fourth-order valence-corrected chi connectivity index (χ4v) is 1.37. The molecular formula is C9H13N5O. The standard InChI is InChI=1S/C9H13N5O/c1-13-8(10)4-6(11-13)7-5-9(15-3)14(2)12-7/h4-5H,10H2,1-3H3. The Hall–Kier alpha value is -1.98. The third kappa shape index (κ3) is 1.54. The number of nitrogens with zero attached hydrogens (tertiary/aromatic N) is 4. The van der Waals surface area contributed by atoms with Gasteiger partial charge >= 0.3 is 0 Å². The molecule has 2 N–H and O–H groups in total. The lowest BCUT2D eigenvalue weighted by atomic mass is 10.3. The predicted octanol–water partition coefficient (Wildman–Crippen LogP) is 0.411. The zero-order chi connectivity index (χ0) is 11.0. The van der Waals surface area contributed by atoms with E-state index >= 15 is 0 Å². The van der Waals surface area contributed by atoms with Gasteiger partial charge in [-0.2, -0.15) is 10.2 Å². The molecule has 2 aromatic rings. The topological polar surface area (TPSA) is 70.9 Å². The van der Waals surface area contributed by atoms with Gasteiger partial charge in [-0.25, -0.2) is 4.68 Å². The van der Waals surface area contributed by atoms with Gasteiger partial charge in [-0.3, -0.25) is 4.68 Å². The van der Waals surface area contributed by atoms with E-state index in [-0.39, 0.29) is 0 Å². The Morgan fingerprint density at radius 1 is 1.13 bits per heavy atom. The minimum Gasteiger partial charge on any atom is -0.481 e. The van der Waals surface area contributed by atoms with Crippen LogP contribution in [-0.2, 0) is 14.1 Å². The van der Waals surface area contributed by atoms with Crippen LogP contribution in [0.2, 0.25) is 0 Å². The quantitative estimate of drug-likeness (QED) is 0.774. The molecule has 0 saturated heterocycles. The third-order valence-corrected chi connectivity index (χ3v) is 2.22. The second kappa shape index (κ2) is 3.30. The number of nitrogen functional groups attached to an aromatic ring is 1. The molecule has 0 spiro atoms. The van der Waals surface area contributed by atoms with Gasteiger partial charge in [0.05, 0.1) is 7.11 Å². The molecule has 0 radical (unpaired) electrons. The Morgan fingerprint density at radius 3 is 2.20 bits per heavy atom. The van der Waals surface area contributed by atoms with Crippen molar-refractivity contribution in [3.8, 4) is 17.3 Å². The molecular weight excluding hydrogens is 194 g/mol. The summed E-state index contributed by atoms with van der Waals surface area (Å²) in [5, 5.41) is 8.50. The van der Waals surface area contributed by atoms with Crippen LogP contribution < -0.4 is 10.5 Å². The van der Waals surface area contributed by atoms with E-state index in [1.807, 2.05) is 13.1 Å². The van der Waals surface area contributed by atoms with Crippen LogP contribution in [0.4, 0.5) is 5.82 Å². The maximum Gasteiger partial charge on any atom is 0.211 e. The molecule has 0 unspecified atom stereocenters. The van der Waals surface area contributed by atoms with Gasteiger partial charge in [0.1, 0.15) is 17.2 Å². The summed E-state index contributed by atoms with van der Waals surface area (Å²) in [6, 6.07) is 3.60. The molecule has 6 nitrogen and oxygen atoms in total. The summed E-state index contributed by atoms with van der Waals surface area (Å²) in [5.74, 6) is 1.30. The van der Waals surface area contributed by atoms with Gasteiger partial charge in [-0.1, -0.05) is 0 Å². The van der Waals surface area contributed by atoms with E-state index in [9.17, 15) is 0 Å². The van der Waals surface area contributed by atoms with Crippen molar-refractivity contribution in [2.75, 3.05) is 12.8 Å². The lowest BCUT2D eigenvalue weighted by Gasteiger charge is -1.95. The smallest absolute Gasteiger partial charge is 0.211 e. The molecule has 15 heavy (non-hydrogen) atoms. The maximum atomic E-state index is 5.69. The highest BCUT2D eigenvalue weighted by molar-refractivity contribution is 5.59. The third-order valence-electron chi connectivity index (χ3n) is 2.22. The Morgan fingerprint density at radius 2 is 1.73 bits per heavy atom. The minimum absolute atomic E-state index is 0.606. The Bertz CT molecular complexity index is 465. The Balaban J connectivity index is 2.45. The van der Waals surface area contributed by atoms with Crippen molar-refractivity contribution in [2.24, 2.45) is 14.1 Å². The SMILES string of the molecule is COc1cc(-c2cc(N)n(C)n2)nn1C. The van der Waals surface area contributed by atoms with Crippen molar-refractivity contribution in [3.63, 3.8) is 0 Å². The molecule has 0 saturated carbocycles. The first-order valence-electron chi connectivity index (χ1n) is 4.49. The number of methoxy groups -OCH3 is 1. The van der Waals surface area contributed by atoms with E-state index in [2.05, 4.69) is 10.2 Å². The van der Waals surface area contributed by atoms with Crippen molar-refractivity contribution >= 4 is 5.82 Å². The molecule has 0 atom stereocenters. The number of anilines is 1. The summed E-state index contributed by atoms with van der Waals surface area (Å²) in [5.41, 5.74) is 7.19. The zero-order valence-corrected chi connectivity index (χ0v) is 8.93. The van der Waals surface area contributed by atoms with Gasteiger partial charge in [-0.15, -0.1) is 0 Å². The average Bonchev–Trinajstić information content (AvgIpc) is 2.71. The van der Waals surface area contributed by atoms with Gasteiger partial charge < -0.3 is 10.5 Å². The van der Waals surface area contributed by atoms with Crippen LogP contribution in [-0.4, -0.2) is 26.7 Å². The van der Waals surface area contributed by atoms with E-state index in [1.54, 1.807) is 29.6 Å². The number of nitrogens with two attached hydrogens (primary N) is 1. The van der Waals surface area contributed by atoms with Crippen molar-refractivity contribution in [2.45, 2.75) is 0 Å². The van der Waals surface area contributed by atoms with Crippen LogP contribution >= 0.6 is 0 Å². The monoisotopic (exact) mass is 207 g/mol. The summed E-state index contributed by atoms with van der Waals surface area (Å²) in [6.45, 7) is 0. The van der Waals surface area contributed by atoms with Crippen LogP contribution in [0.5, 0.6) is 5.88 Å². The summed E-state index contributed by atoms with van der Waals surface area (Å²) in [7, 11) is 5.21. The summed E-state index contributed by atoms with van der Waals surface area (Å²) < 4.78 is 8.38.